The predicted molar refractivity (Wildman–Crippen MR) is 114 cm³/mol. The number of fused-ring (bicyclic) bond motifs is 1. The number of nitrogens with one attached hydrogen (secondary N) is 2. The maximum absolute atomic E-state index is 6.08. The van der Waals surface area contributed by atoms with Crippen LogP contribution >= 0.6 is 11.6 Å². The summed E-state index contributed by atoms with van der Waals surface area (Å²) in [5.41, 5.74) is 6.18. The summed E-state index contributed by atoms with van der Waals surface area (Å²) in [5.74, 6) is 0. The minimum Gasteiger partial charge on any atom is -0.373 e. The Bertz CT molecular complexity index is 1100. The van der Waals surface area contributed by atoms with E-state index in [1.54, 1.807) is 6.20 Å². The summed E-state index contributed by atoms with van der Waals surface area (Å²) in [6, 6.07) is 20.5. The molecule has 4 heteroatoms. The molecule has 0 amide bonds. The van der Waals surface area contributed by atoms with Crippen molar-refractivity contribution in [2.45, 2.75) is 13.0 Å². The van der Waals surface area contributed by atoms with Crippen LogP contribution in [0.5, 0.6) is 0 Å². The molecule has 0 aliphatic heterocycles. The van der Waals surface area contributed by atoms with Gasteiger partial charge in [-0.25, -0.2) is 4.98 Å². The van der Waals surface area contributed by atoms with Gasteiger partial charge in [0.05, 0.1) is 17.9 Å². The van der Waals surface area contributed by atoms with E-state index in [4.69, 9.17) is 11.6 Å². The summed E-state index contributed by atoms with van der Waals surface area (Å²) >= 11 is 6.08. The maximum atomic E-state index is 6.08. The molecule has 134 valence electrons. The Labute approximate surface area is 163 Å². The van der Waals surface area contributed by atoms with Gasteiger partial charge in [0.25, 0.3) is 0 Å². The number of rotatable bonds is 5. The summed E-state index contributed by atoms with van der Waals surface area (Å²) in [5, 5.41) is 5.26. The van der Waals surface area contributed by atoms with Crippen molar-refractivity contribution in [3.05, 3.63) is 101 Å². The zero-order valence-electron chi connectivity index (χ0n) is 15.0. The molecule has 1 unspecified atom stereocenters. The van der Waals surface area contributed by atoms with Gasteiger partial charge < -0.3 is 10.3 Å². The zero-order chi connectivity index (χ0) is 18.8. The van der Waals surface area contributed by atoms with Crippen molar-refractivity contribution in [3.8, 4) is 0 Å². The Hall–Kier alpha value is -3.04. The second kappa shape index (κ2) is 7.29. The van der Waals surface area contributed by atoms with E-state index in [0.29, 0.717) is 5.15 Å². The molecule has 1 atom stereocenters. The van der Waals surface area contributed by atoms with Gasteiger partial charge >= 0.3 is 0 Å². The maximum Gasteiger partial charge on any atom is 0.132 e. The van der Waals surface area contributed by atoms with Gasteiger partial charge in [-0.15, -0.1) is 0 Å². The average molecular weight is 374 g/mol. The van der Waals surface area contributed by atoms with Gasteiger partial charge in [0.15, 0.2) is 0 Å². The van der Waals surface area contributed by atoms with Crippen molar-refractivity contribution in [1.82, 2.24) is 9.97 Å². The number of anilines is 1. The lowest BCUT2D eigenvalue weighted by Crippen LogP contribution is -2.12. The summed E-state index contributed by atoms with van der Waals surface area (Å²) < 4.78 is 0. The van der Waals surface area contributed by atoms with Crippen LogP contribution < -0.4 is 5.32 Å². The first-order valence-corrected chi connectivity index (χ1v) is 9.20. The standard InChI is InChI=1S/C23H20ClN3/c1-15-12-18(13-26-23(15)24)27-22(17-8-4-3-5-9-17)16(2)20-14-25-21-11-7-6-10-19(20)21/h3-14,22,25,27H,2H2,1H3. The largest absolute Gasteiger partial charge is 0.373 e. The summed E-state index contributed by atoms with van der Waals surface area (Å²) in [7, 11) is 0. The Morgan fingerprint density at radius 3 is 2.63 bits per heavy atom. The highest BCUT2D eigenvalue weighted by Gasteiger charge is 2.19. The van der Waals surface area contributed by atoms with E-state index >= 15 is 0 Å². The number of halogens is 1. The number of pyridine rings is 1. The van der Waals surface area contributed by atoms with E-state index in [0.717, 1.165) is 38.9 Å². The summed E-state index contributed by atoms with van der Waals surface area (Å²) in [4.78, 5) is 7.60. The monoisotopic (exact) mass is 373 g/mol. The van der Waals surface area contributed by atoms with Crippen LogP contribution in [0, 0.1) is 6.92 Å². The topological polar surface area (TPSA) is 40.7 Å². The first-order chi connectivity index (χ1) is 13.1. The van der Waals surface area contributed by atoms with Crippen LogP contribution in [0.15, 0.2) is 79.6 Å². The van der Waals surface area contributed by atoms with Crippen molar-refractivity contribution in [2.75, 3.05) is 5.32 Å². The molecule has 2 heterocycles. The molecule has 4 rings (SSSR count). The molecular weight excluding hydrogens is 354 g/mol. The van der Waals surface area contributed by atoms with Crippen LogP contribution in [0.25, 0.3) is 16.5 Å². The normalized spacial score (nSPS) is 12.1. The fourth-order valence-electron chi connectivity index (χ4n) is 3.31. The van der Waals surface area contributed by atoms with E-state index in [-0.39, 0.29) is 6.04 Å². The Morgan fingerprint density at radius 2 is 1.85 bits per heavy atom. The number of para-hydroxylation sites is 1. The Kier molecular flexibility index (Phi) is 4.69. The van der Waals surface area contributed by atoms with E-state index in [1.807, 2.05) is 49.5 Å². The van der Waals surface area contributed by atoms with Crippen LogP contribution in [0.3, 0.4) is 0 Å². The lowest BCUT2D eigenvalue weighted by Gasteiger charge is -2.23. The molecule has 0 aliphatic carbocycles. The second-order valence-electron chi connectivity index (χ2n) is 6.59. The minimum atomic E-state index is -0.0900. The zero-order valence-corrected chi connectivity index (χ0v) is 15.8. The molecule has 4 aromatic rings. The van der Waals surface area contributed by atoms with Crippen LogP contribution in [0.2, 0.25) is 5.15 Å². The second-order valence-corrected chi connectivity index (χ2v) is 6.95. The van der Waals surface area contributed by atoms with Gasteiger partial charge in [0.2, 0.25) is 0 Å². The highest BCUT2D eigenvalue weighted by Crippen LogP contribution is 2.35. The molecule has 2 N–H and O–H groups in total. The number of aromatic amines is 1. The fourth-order valence-corrected chi connectivity index (χ4v) is 3.42. The van der Waals surface area contributed by atoms with Crippen LogP contribution in [0.1, 0.15) is 22.7 Å². The molecule has 27 heavy (non-hydrogen) atoms. The number of aromatic nitrogens is 2. The van der Waals surface area contributed by atoms with Gasteiger partial charge in [-0.2, -0.15) is 0 Å². The fraction of sp³-hybridized carbons (Fsp3) is 0.0870. The van der Waals surface area contributed by atoms with Crippen molar-refractivity contribution >= 4 is 33.8 Å². The Morgan fingerprint density at radius 1 is 1.11 bits per heavy atom. The number of aryl methyl sites for hydroxylation is 1. The molecule has 3 nitrogen and oxygen atoms in total. The van der Waals surface area contributed by atoms with E-state index < -0.39 is 0 Å². The van der Waals surface area contributed by atoms with Crippen molar-refractivity contribution < 1.29 is 0 Å². The van der Waals surface area contributed by atoms with Crippen LogP contribution in [-0.2, 0) is 0 Å². The number of hydrogen-bond acceptors (Lipinski definition) is 2. The molecule has 2 aromatic carbocycles. The van der Waals surface area contributed by atoms with E-state index in [9.17, 15) is 0 Å². The molecule has 0 spiro atoms. The minimum absolute atomic E-state index is 0.0900. The number of H-pyrrole nitrogens is 1. The molecule has 0 aliphatic rings. The van der Waals surface area contributed by atoms with Gasteiger partial charge in [-0.05, 0) is 35.8 Å². The molecule has 2 aromatic heterocycles. The van der Waals surface area contributed by atoms with Gasteiger partial charge in [0, 0.05) is 22.7 Å². The lowest BCUT2D eigenvalue weighted by atomic mass is 9.93. The molecular formula is C23H20ClN3. The molecule has 0 saturated carbocycles. The third-order valence-corrected chi connectivity index (χ3v) is 5.14. The number of hydrogen-bond donors (Lipinski definition) is 2. The number of benzene rings is 2. The number of nitrogens with zero attached hydrogens (tertiary/aromatic N) is 1. The SMILES string of the molecule is C=C(c1c[nH]c2ccccc12)C(Nc1cnc(Cl)c(C)c1)c1ccccc1. The van der Waals surface area contributed by atoms with Crippen molar-refractivity contribution in [3.63, 3.8) is 0 Å². The first-order valence-electron chi connectivity index (χ1n) is 8.82. The molecule has 0 saturated heterocycles. The van der Waals surface area contributed by atoms with Gasteiger partial charge in [0.1, 0.15) is 5.15 Å². The Balaban J connectivity index is 1.75. The van der Waals surface area contributed by atoms with Crippen molar-refractivity contribution in [2.24, 2.45) is 0 Å². The van der Waals surface area contributed by atoms with Gasteiger partial charge in [-0.3, -0.25) is 0 Å². The van der Waals surface area contributed by atoms with Crippen LogP contribution in [0.4, 0.5) is 5.69 Å². The smallest absolute Gasteiger partial charge is 0.132 e. The van der Waals surface area contributed by atoms with E-state index in [1.165, 1.54) is 0 Å². The summed E-state index contributed by atoms with van der Waals surface area (Å²) in [6.45, 7) is 6.38. The average Bonchev–Trinajstić information content (AvgIpc) is 3.13. The third-order valence-electron chi connectivity index (χ3n) is 4.74. The van der Waals surface area contributed by atoms with Crippen molar-refractivity contribution in [1.29, 1.82) is 0 Å². The predicted octanol–water partition coefficient (Wildman–Crippen LogP) is 6.39. The highest BCUT2D eigenvalue weighted by atomic mass is 35.5. The first kappa shape index (κ1) is 17.4. The lowest BCUT2D eigenvalue weighted by molar-refractivity contribution is 1.00. The van der Waals surface area contributed by atoms with Crippen LogP contribution in [-0.4, -0.2) is 9.97 Å². The van der Waals surface area contributed by atoms with Gasteiger partial charge in [-0.1, -0.05) is 66.7 Å². The van der Waals surface area contributed by atoms with E-state index in [2.05, 4.69) is 46.1 Å². The third kappa shape index (κ3) is 3.46. The molecule has 0 fully saturated rings. The summed E-state index contributed by atoms with van der Waals surface area (Å²) in [6.07, 6.45) is 3.78. The quantitative estimate of drug-likeness (QED) is 0.398. The highest BCUT2D eigenvalue weighted by molar-refractivity contribution is 6.30. The molecule has 0 bridgehead atoms. The molecule has 0 radical (unpaired) electrons.